The van der Waals surface area contributed by atoms with Crippen LogP contribution >= 0.6 is 11.3 Å². The van der Waals surface area contributed by atoms with E-state index in [-0.39, 0.29) is 11.9 Å². The number of amides is 1. The first-order chi connectivity index (χ1) is 10.1. The summed E-state index contributed by atoms with van der Waals surface area (Å²) in [4.78, 5) is 18.5. The quantitative estimate of drug-likeness (QED) is 0.784. The van der Waals surface area contributed by atoms with Crippen LogP contribution in [0.2, 0.25) is 0 Å². The maximum absolute atomic E-state index is 12.2. The SMILES string of the molecule is CC[C@H](C)NC(=O)c1cc2cc3ccc(C)cc3nc2s1. The number of carbonyl (C=O) groups is 1. The van der Waals surface area contributed by atoms with Crippen LogP contribution in [0.5, 0.6) is 0 Å². The molecule has 0 radical (unpaired) electrons. The fraction of sp³-hybridized carbons (Fsp3) is 0.294. The molecule has 0 spiro atoms. The Bertz CT molecular complexity index is 822. The van der Waals surface area contributed by atoms with E-state index in [1.165, 1.54) is 16.9 Å². The Morgan fingerprint density at radius 3 is 2.86 bits per heavy atom. The molecule has 0 fully saturated rings. The number of benzene rings is 1. The number of carbonyl (C=O) groups excluding carboxylic acids is 1. The summed E-state index contributed by atoms with van der Waals surface area (Å²) in [5.41, 5.74) is 2.18. The van der Waals surface area contributed by atoms with Crippen molar-refractivity contribution in [2.24, 2.45) is 0 Å². The van der Waals surface area contributed by atoms with E-state index in [0.717, 1.165) is 32.4 Å². The first-order valence-electron chi connectivity index (χ1n) is 7.18. The van der Waals surface area contributed by atoms with Crippen LogP contribution in [0.1, 0.15) is 35.5 Å². The molecule has 0 saturated heterocycles. The average molecular weight is 298 g/mol. The second-order valence-electron chi connectivity index (χ2n) is 5.47. The lowest BCUT2D eigenvalue weighted by Gasteiger charge is -2.09. The Morgan fingerprint density at radius 2 is 2.10 bits per heavy atom. The molecule has 1 N–H and O–H groups in total. The molecule has 0 saturated carbocycles. The second kappa shape index (κ2) is 5.45. The smallest absolute Gasteiger partial charge is 0.261 e. The summed E-state index contributed by atoms with van der Waals surface area (Å²) in [6.45, 7) is 6.14. The van der Waals surface area contributed by atoms with Gasteiger partial charge in [-0.05, 0) is 44.0 Å². The molecule has 1 aromatic carbocycles. The number of rotatable bonds is 3. The molecule has 1 amide bonds. The van der Waals surface area contributed by atoms with Crippen LogP contribution in [-0.2, 0) is 0 Å². The van der Waals surface area contributed by atoms with Crippen LogP contribution in [0.15, 0.2) is 30.3 Å². The number of fused-ring (bicyclic) bond motifs is 2. The predicted octanol–water partition coefficient (Wildman–Crippen LogP) is 4.29. The third kappa shape index (κ3) is 2.76. The van der Waals surface area contributed by atoms with E-state index < -0.39 is 0 Å². The van der Waals surface area contributed by atoms with Crippen LogP contribution in [0.4, 0.5) is 0 Å². The minimum absolute atomic E-state index is 0.00686. The molecule has 0 bridgehead atoms. The summed E-state index contributed by atoms with van der Waals surface area (Å²) in [5.74, 6) is -0.00686. The molecule has 0 aliphatic carbocycles. The third-order valence-electron chi connectivity index (χ3n) is 3.67. The van der Waals surface area contributed by atoms with E-state index in [2.05, 4.69) is 48.4 Å². The Labute approximate surface area is 128 Å². The largest absolute Gasteiger partial charge is 0.349 e. The molecule has 21 heavy (non-hydrogen) atoms. The first kappa shape index (κ1) is 14.0. The van der Waals surface area contributed by atoms with Gasteiger partial charge in [0.05, 0.1) is 10.4 Å². The zero-order valence-electron chi connectivity index (χ0n) is 12.4. The molecule has 0 aliphatic heterocycles. The van der Waals surface area contributed by atoms with Crippen LogP contribution in [-0.4, -0.2) is 16.9 Å². The Hall–Kier alpha value is -1.94. The van der Waals surface area contributed by atoms with E-state index in [0.29, 0.717) is 0 Å². The number of thiophene rings is 1. The highest BCUT2D eigenvalue weighted by Crippen LogP contribution is 2.27. The Kier molecular flexibility index (Phi) is 3.64. The first-order valence-corrected chi connectivity index (χ1v) is 8.00. The topological polar surface area (TPSA) is 42.0 Å². The van der Waals surface area contributed by atoms with Crippen LogP contribution in [0.25, 0.3) is 21.1 Å². The van der Waals surface area contributed by atoms with Gasteiger partial charge >= 0.3 is 0 Å². The molecule has 3 aromatic rings. The molecule has 3 nitrogen and oxygen atoms in total. The van der Waals surface area contributed by atoms with E-state index in [9.17, 15) is 4.79 Å². The molecule has 0 aliphatic rings. The van der Waals surface area contributed by atoms with Gasteiger partial charge in [0.2, 0.25) is 0 Å². The molecular formula is C17H18N2OS. The van der Waals surface area contributed by atoms with Gasteiger partial charge in [0.25, 0.3) is 5.91 Å². The number of aromatic nitrogens is 1. The highest BCUT2D eigenvalue weighted by molar-refractivity contribution is 7.20. The standard InChI is InChI=1S/C17H18N2OS/c1-4-11(3)18-16(20)15-9-13-8-12-6-5-10(2)7-14(12)19-17(13)21-15/h5-9,11H,4H2,1-3H3,(H,18,20)/t11-/m0/s1. The molecular weight excluding hydrogens is 280 g/mol. The number of nitrogens with zero attached hydrogens (tertiary/aromatic N) is 1. The van der Waals surface area contributed by atoms with Crippen LogP contribution in [0, 0.1) is 6.92 Å². The molecule has 4 heteroatoms. The summed E-state index contributed by atoms with van der Waals surface area (Å²) in [5, 5.41) is 5.15. The predicted molar refractivity (Wildman–Crippen MR) is 89.1 cm³/mol. The van der Waals surface area contributed by atoms with Crippen molar-refractivity contribution in [3.63, 3.8) is 0 Å². The van der Waals surface area contributed by atoms with Crippen molar-refractivity contribution in [2.45, 2.75) is 33.2 Å². The molecule has 2 heterocycles. The number of hydrogen-bond acceptors (Lipinski definition) is 3. The van der Waals surface area contributed by atoms with Gasteiger partial charge in [-0.25, -0.2) is 4.98 Å². The van der Waals surface area contributed by atoms with Crippen LogP contribution < -0.4 is 5.32 Å². The maximum atomic E-state index is 12.2. The lowest BCUT2D eigenvalue weighted by atomic mass is 10.1. The van der Waals surface area contributed by atoms with E-state index in [1.54, 1.807) is 0 Å². The molecule has 0 unspecified atom stereocenters. The van der Waals surface area contributed by atoms with Crippen molar-refractivity contribution in [3.05, 3.63) is 40.8 Å². The average Bonchev–Trinajstić information content (AvgIpc) is 2.87. The third-order valence-corrected chi connectivity index (χ3v) is 4.72. The van der Waals surface area contributed by atoms with Gasteiger partial charge < -0.3 is 5.32 Å². The highest BCUT2D eigenvalue weighted by Gasteiger charge is 2.13. The number of nitrogens with one attached hydrogen (secondary N) is 1. The lowest BCUT2D eigenvalue weighted by molar-refractivity contribution is 0.0943. The maximum Gasteiger partial charge on any atom is 0.261 e. The van der Waals surface area contributed by atoms with Gasteiger partial charge in [0, 0.05) is 16.8 Å². The van der Waals surface area contributed by atoms with Gasteiger partial charge in [0.1, 0.15) is 4.83 Å². The highest BCUT2D eigenvalue weighted by atomic mass is 32.1. The minimum atomic E-state index is -0.00686. The van der Waals surface area contributed by atoms with Gasteiger partial charge in [-0.1, -0.05) is 19.1 Å². The normalized spacial score (nSPS) is 12.7. The monoisotopic (exact) mass is 298 g/mol. The zero-order valence-corrected chi connectivity index (χ0v) is 13.3. The van der Waals surface area contributed by atoms with Crippen molar-refractivity contribution < 1.29 is 4.79 Å². The summed E-state index contributed by atoms with van der Waals surface area (Å²) in [6, 6.07) is 10.5. The minimum Gasteiger partial charge on any atom is -0.349 e. The van der Waals surface area contributed by atoms with E-state index >= 15 is 0 Å². The van der Waals surface area contributed by atoms with Crippen molar-refractivity contribution in [3.8, 4) is 0 Å². The lowest BCUT2D eigenvalue weighted by Crippen LogP contribution is -2.31. The summed E-state index contributed by atoms with van der Waals surface area (Å²) >= 11 is 1.46. The van der Waals surface area contributed by atoms with Crippen molar-refractivity contribution >= 4 is 38.4 Å². The Morgan fingerprint density at radius 1 is 1.29 bits per heavy atom. The van der Waals surface area contributed by atoms with Gasteiger partial charge in [-0.3, -0.25) is 4.79 Å². The number of pyridine rings is 1. The second-order valence-corrected chi connectivity index (χ2v) is 6.50. The Balaban J connectivity index is 2.03. The fourth-order valence-electron chi connectivity index (χ4n) is 2.24. The molecule has 3 rings (SSSR count). The van der Waals surface area contributed by atoms with Crippen molar-refractivity contribution in [1.29, 1.82) is 0 Å². The van der Waals surface area contributed by atoms with Crippen LogP contribution in [0.3, 0.4) is 0 Å². The van der Waals surface area contributed by atoms with Gasteiger partial charge in [-0.15, -0.1) is 11.3 Å². The van der Waals surface area contributed by atoms with Crippen molar-refractivity contribution in [1.82, 2.24) is 10.3 Å². The number of aryl methyl sites for hydroxylation is 1. The molecule has 1 atom stereocenters. The summed E-state index contributed by atoms with van der Waals surface area (Å²) in [6.07, 6.45) is 0.929. The fourth-order valence-corrected chi connectivity index (χ4v) is 3.17. The van der Waals surface area contributed by atoms with Gasteiger partial charge in [0.15, 0.2) is 0 Å². The zero-order chi connectivity index (χ0) is 15.0. The summed E-state index contributed by atoms with van der Waals surface area (Å²) in [7, 11) is 0. The number of hydrogen-bond donors (Lipinski definition) is 1. The molecule has 108 valence electrons. The van der Waals surface area contributed by atoms with E-state index in [4.69, 9.17) is 0 Å². The van der Waals surface area contributed by atoms with Gasteiger partial charge in [-0.2, -0.15) is 0 Å². The van der Waals surface area contributed by atoms with Crippen molar-refractivity contribution in [2.75, 3.05) is 0 Å². The molecule has 2 aromatic heterocycles. The van der Waals surface area contributed by atoms with E-state index in [1.807, 2.05) is 13.0 Å². The summed E-state index contributed by atoms with van der Waals surface area (Å²) < 4.78 is 0.